The molecule has 0 radical (unpaired) electrons. The summed E-state index contributed by atoms with van der Waals surface area (Å²) < 4.78 is 0. The third kappa shape index (κ3) is 3.03. The standard InChI is InChI=1S/C6H10ClN3S/c7-4-2-1-3-5-9-10-6(8)11-5/h1-4H2,(H2,8,10). The van der Waals surface area contributed by atoms with Crippen LogP contribution in [0.5, 0.6) is 0 Å². The molecule has 0 spiro atoms. The van der Waals surface area contributed by atoms with Crippen molar-refractivity contribution in [3.05, 3.63) is 5.01 Å². The van der Waals surface area contributed by atoms with Crippen LogP contribution in [0.3, 0.4) is 0 Å². The highest BCUT2D eigenvalue weighted by Crippen LogP contribution is 2.13. The van der Waals surface area contributed by atoms with Gasteiger partial charge in [-0.1, -0.05) is 11.3 Å². The minimum Gasteiger partial charge on any atom is -0.374 e. The first-order valence-corrected chi connectivity index (χ1v) is 4.82. The molecule has 3 nitrogen and oxygen atoms in total. The number of nitrogens with zero attached hydrogens (tertiary/aromatic N) is 2. The van der Waals surface area contributed by atoms with Crippen molar-refractivity contribution >= 4 is 28.1 Å². The van der Waals surface area contributed by atoms with Crippen LogP contribution in [0.1, 0.15) is 17.8 Å². The van der Waals surface area contributed by atoms with E-state index in [0.717, 1.165) is 24.3 Å². The summed E-state index contributed by atoms with van der Waals surface area (Å²) in [5.41, 5.74) is 5.40. The molecule has 0 bridgehead atoms. The highest BCUT2D eigenvalue weighted by Gasteiger charge is 1.99. The summed E-state index contributed by atoms with van der Waals surface area (Å²) >= 11 is 6.97. The van der Waals surface area contributed by atoms with E-state index in [0.29, 0.717) is 11.0 Å². The van der Waals surface area contributed by atoms with E-state index in [1.165, 1.54) is 11.3 Å². The third-order valence-corrected chi connectivity index (χ3v) is 2.34. The van der Waals surface area contributed by atoms with E-state index in [2.05, 4.69) is 10.2 Å². The maximum absolute atomic E-state index is 5.52. The average Bonchev–Trinajstić information content (AvgIpc) is 2.37. The molecule has 0 amide bonds. The van der Waals surface area contributed by atoms with Gasteiger partial charge in [-0.2, -0.15) is 0 Å². The van der Waals surface area contributed by atoms with Gasteiger partial charge in [-0.3, -0.25) is 0 Å². The van der Waals surface area contributed by atoms with Gasteiger partial charge in [-0.15, -0.1) is 21.8 Å². The molecule has 0 aliphatic rings. The van der Waals surface area contributed by atoms with Crippen molar-refractivity contribution in [2.24, 2.45) is 0 Å². The molecule has 11 heavy (non-hydrogen) atoms. The van der Waals surface area contributed by atoms with Crippen LogP contribution in [0.25, 0.3) is 0 Å². The molecule has 0 aliphatic heterocycles. The first-order valence-electron chi connectivity index (χ1n) is 3.46. The van der Waals surface area contributed by atoms with Crippen molar-refractivity contribution in [1.29, 1.82) is 0 Å². The van der Waals surface area contributed by atoms with Gasteiger partial charge in [-0.05, 0) is 12.8 Å². The van der Waals surface area contributed by atoms with Crippen LogP contribution in [-0.4, -0.2) is 16.1 Å². The lowest BCUT2D eigenvalue weighted by Gasteiger charge is -1.90. The van der Waals surface area contributed by atoms with Gasteiger partial charge in [-0.25, -0.2) is 0 Å². The van der Waals surface area contributed by atoms with Gasteiger partial charge in [0.1, 0.15) is 5.01 Å². The smallest absolute Gasteiger partial charge is 0.203 e. The fraction of sp³-hybridized carbons (Fsp3) is 0.667. The molecular formula is C6H10ClN3S. The van der Waals surface area contributed by atoms with Gasteiger partial charge < -0.3 is 5.73 Å². The number of nitrogen functional groups attached to an aromatic ring is 1. The van der Waals surface area contributed by atoms with Crippen LogP contribution in [0.4, 0.5) is 5.13 Å². The van der Waals surface area contributed by atoms with Gasteiger partial charge in [0.2, 0.25) is 5.13 Å². The molecule has 1 aromatic heterocycles. The highest BCUT2D eigenvalue weighted by atomic mass is 35.5. The van der Waals surface area contributed by atoms with Gasteiger partial charge >= 0.3 is 0 Å². The predicted octanol–water partition coefficient (Wildman–Crippen LogP) is 1.68. The number of unbranched alkanes of at least 4 members (excludes halogenated alkanes) is 1. The second-order valence-electron chi connectivity index (χ2n) is 2.18. The van der Waals surface area contributed by atoms with Crippen LogP contribution < -0.4 is 5.73 Å². The Bertz CT molecular complexity index is 213. The molecule has 0 unspecified atom stereocenters. The van der Waals surface area contributed by atoms with E-state index in [4.69, 9.17) is 17.3 Å². The zero-order chi connectivity index (χ0) is 8.10. The Morgan fingerprint density at radius 3 is 2.73 bits per heavy atom. The number of alkyl halides is 1. The Balaban J connectivity index is 2.27. The van der Waals surface area contributed by atoms with E-state index in [1.807, 2.05) is 0 Å². The van der Waals surface area contributed by atoms with Crippen molar-refractivity contribution in [2.45, 2.75) is 19.3 Å². The van der Waals surface area contributed by atoms with Gasteiger partial charge in [0.05, 0.1) is 0 Å². The summed E-state index contributed by atoms with van der Waals surface area (Å²) in [6.45, 7) is 0. The fourth-order valence-corrected chi connectivity index (χ4v) is 1.58. The summed E-state index contributed by atoms with van der Waals surface area (Å²) in [5, 5.41) is 9.15. The van der Waals surface area contributed by atoms with E-state index >= 15 is 0 Å². The highest BCUT2D eigenvalue weighted by molar-refractivity contribution is 7.15. The maximum Gasteiger partial charge on any atom is 0.203 e. The van der Waals surface area contributed by atoms with E-state index in [1.54, 1.807) is 0 Å². The molecular weight excluding hydrogens is 182 g/mol. The van der Waals surface area contributed by atoms with E-state index in [9.17, 15) is 0 Å². The molecule has 1 rings (SSSR count). The van der Waals surface area contributed by atoms with Crippen molar-refractivity contribution in [1.82, 2.24) is 10.2 Å². The summed E-state index contributed by atoms with van der Waals surface area (Å²) in [5.74, 6) is 0.717. The molecule has 5 heteroatoms. The molecule has 0 saturated carbocycles. The third-order valence-electron chi connectivity index (χ3n) is 1.26. The normalized spacial score (nSPS) is 10.3. The number of aryl methyl sites for hydroxylation is 1. The number of nitrogens with two attached hydrogens (primary N) is 1. The Labute approximate surface area is 74.6 Å². The minimum atomic E-state index is 0.547. The largest absolute Gasteiger partial charge is 0.374 e. The quantitative estimate of drug-likeness (QED) is 0.582. The number of hydrogen-bond acceptors (Lipinski definition) is 4. The monoisotopic (exact) mass is 191 g/mol. The van der Waals surface area contributed by atoms with Crippen molar-refractivity contribution in [3.63, 3.8) is 0 Å². The Kier molecular flexibility index (Phi) is 3.59. The average molecular weight is 192 g/mol. The number of anilines is 1. The molecule has 0 atom stereocenters. The fourth-order valence-electron chi connectivity index (χ4n) is 0.738. The Morgan fingerprint density at radius 1 is 1.36 bits per heavy atom. The zero-order valence-electron chi connectivity index (χ0n) is 6.09. The van der Waals surface area contributed by atoms with E-state index in [-0.39, 0.29) is 0 Å². The van der Waals surface area contributed by atoms with Gasteiger partial charge in [0.15, 0.2) is 0 Å². The first-order chi connectivity index (χ1) is 5.33. The second kappa shape index (κ2) is 4.51. The molecule has 0 saturated heterocycles. The first kappa shape index (κ1) is 8.74. The Morgan fingerprint density at radius 2 is 2.18 bits per heavy atom. The van der Waals surface area contributed by atoms with Crippen LogP contribution >= 0.6 is 22.9 Å². The van der Waals surface area contributed by atoms with Crippen LogP contribution in [0.2, 0.25) is 0 Å². The molecule has 0 aromatic carbocycles. The number of aromatic nitrogens is 2. The Hall–Kier alpha value is -0.350. The van der Waals surface area contributed by atoms with Crippen LogP contribution in [0, 0.1) is 0 Å². The molecule has 0 aliphatic carbocycles. The molecule has 1 aromatic rings. The van der Waals surface area contributed by atoms with Crippen LogP contribution in [-0.2, 0) is 6.42 Å². The molecule has 62 valence electrons. The summed E-state index contributed by atoms with van der Waals surface area (Å²) in [4.78, 5) is 0. The second-order valence-corrected chi connectivity index (χ2v) is 3.65. The summed E-state index contributed by atoms with van der Waals surface area (Å²) in [6, 6.07) is 0. The van der Waals surface area contributed by atoms with Crippen molar-refractivity contribution < 1.29 is 0 Å². The molecule has 1 heterocycles. The van der Waals surface area contributed by atoms with Crippen LogP contribution in [0.15, 0.2) is 0 Å². The zero-order valence-corrected chi connectivity index (χ0v) is 7.66. The molecule has 2 N–H and O–H groups in total. The van der Waals surface area contributed by atoms with E-state index < -0.39 is 0 Å². The number of halogens is 1. The lowest BCUT2D eigenvalue weighted by molar-refractivity contribution is 0.784. The predicted molar refractivity (Wildman–Crippen MR) is 48.0 cm³/mol. The lowest BCUT2D eigenvalue weighted by atomic mass is 10.3. The van der Waals surface area contributed by atoms with Crippen molar-refractivity contribution in [3.8, 4) is 0 Å². The molecule has 0 fully saturated rings. The van der Waals surface area contributed by atoms with Gasteiger partial charge in [0, 0.05) is 12.3 Å². The summed E-state index contributed by atoms with van der Waals surface area (Å²) in [7, 11) is 0. The maximum atomic E-state index is 5.52. The number of hydrogen-bond donors (Lipinski definition) is 1. The van der Waals surface area contributed by atoms with Crippen molar-refractivity contribution in [2.75, 3.05) is 11.6 Å². The SMILES string of the molecule is Nc1nnc(CCCCCl)s1. The minimum absolute atomic E-state index is 0.547. The lowest BCUT2D eigenvalue weighted by Crippen LogP contribution is -1.85. The number of rotatable bonds is 4. The summed E-state index contributed by atoms with van der Waals surface area (Å²) in [6.07, 6.45) is 3.04. The van der Waals surface area contributed by atoms with Gasteiger partial charge in [0.25, 0.3) is 0 Å². The topological polar surface area (TPSA) is 51.8 Å².